The molecule has 0 atom stereocenters. The van der Waals surface area contributed by atoms with E-state index in [9.17, 15) is 0 Å². The van der Waals surface area contributed by atoms with E-state index in [1.807, 2.05) is 72.8 Å². The largest absolute Gasteiger partial charge is 0.493 e. The Morgan fingerprint density at radius 2 is 1.63 bits per heavy atom. The van der Waals surface area contributed by atoms with E-state index in [2.05, 4.69) is 11.2 Å². The van der Waals surface area contributed by atoms with Gasteiger partial charge in [0.1, 0.15) is 18.1 Å². The lowest BCUT2D eigenvalue weighted by Crippen LogP contribution is -2.01. The quantitative estimate of drug-likeness (QED) is 0.567. The number of para-hydroxylation sites is 1. The molecule has 0 amide bonds. The van der Waals surface area contributed by atoms with E-state index in [1.165, 1.54) is 0 Å². The summed E-state index contributed by atoms with van der Waals surface area (Å²) >= 11 is 0. The Morgan fingerprint density at radius 3 is 2.33 bits per heavy atom. The first-order valence-corrected chi connectivity index (χ1v) is 8.58. The molecule has 136 valence electrons. The van der Waals surface area contributed by atoms with Crippen LogP contribution in [0.1, 0.15) is 5.56 Å². The van der Waals surface area contributed by atoms with Crippen LogP contribution in [0.2, 0.25) is 0 Å². The Bertz CT molecular complexity index is 899. The molecule has 0 heterocycles. The molecule has 0 aliphatic heterocycles. The van der Waals surface area contributed by atoms with Crippen LogP contribution in [0.25, 0.3) is 0 Å². The van der Waals surface area contributed by atoms with Crippen LogP contribution in [0, 0.1) is 12.3 Å². The van der Waals surface area contributed by atoms with Gasteiger partial charge in [-0.3, -0.25) is 0 Å². The summed E-state index contributed by atoms with van der Waals surface area (Å²) < 4.78 is 16.6. The standard InChI is InChI=1S/C23H21NO3/c1-3-15-26-22-14-9-18(16-23(22)25-2)17-24-19-10-12-21(13-11-19)27-20-7-5-4-6-8-20/h1,4-14,16,24H,15,17H2,2H3. The van der Waals surface area contributed by atoms with E-state index in [0.29, 0.717) is 18.0 Å². The molecule has 4 heteroatoms. The van der Waals surface area contributed by atoms with E-state index in [0.717, 1.165) is 22.7 Å². The van der Waals surface area contributed by atoms with Gasteiger partial charge in [0.15, 0.2) is 11.5 Å². The Kier molecular flexibility index (Phi) is 6.21. The third kappa shape index (κ3) is 5.20. The third-order valence-electron chi connectivity index (χ3n) is 3.87. The number of terminal acetylenes is 1. The number of nitrogens with one attached hydrogen (secondary N) is 1. The molecule has 0 aliphatic rings. The van der Waals surface area contributed by atoms with Crippen LogP contribution >= 0.6 is 0 Å². The van der Waals surface area contributed by atoms with E-state index >= 15 is 0 Å². The summed E-state index contributed by atoms with van der Waals surface area (Å²) in [5, 5.41) is 3.38. The summed E-state index contributed by atoms with van der Waals surface area (Å²) in [7, 11) is 1.61. The predicted octanol–water partition coefficient (Wildman–Crippen LogP) is 5.11. The first-order chi connectivity index (χ1) is 13.3. The molecule has 4 nitrogen and oxygen atoms in total. The van der Waals surface area contributed by atoms with Crippen molar-refractivity contribution in [3.63, 3.8) is 0 Å². The summed E-state index contributed by atoms with van der Waals surface area (Å²) in [6.45, 7) is 0.871. The minimum absolute atomic E-state index is 0.214. The van der Waals surface area contributed by atoms with Crippen molar-refractivity contribution in [2.75, 3.05) is 19.0 Å². The summed E-state index contributed by atoms with van der Waals surface area (Å²) in [6.07, 6.45) is 5.23. The van der Waals surface area contributed by atoms with Crippen molar-refractivity contribution in [3.8, 4) is 35.3 Å². The summed E-state index contributed by atoms with van der Waals surface area (Å²) in [6, 6.07) is 23.3. The lowest BCUT2D eigenvalue weighted by molar-refractivity contribution is 0.330. The first kappa shape index (κ1) is 18.2. The van der Waals surface area contributed by atoms with Gasteiger partial charge in [0.25, 0.3) is 0 Å². The van der Waals surface area contributed by atoms with E-state index in [1.54, 1.807) is 7.11 Å². The Labute approximate surface area is 159 Å². The van der Waals surface area contributed by atoms with Crippen LogP contribution in [0.15, 0.2) is 72.8 Å². The number of benzene rings is 3. The molecule has 0 bridgehead atoms. The zero-order chi connectivity index (χ0) is 18.9. The fourth-order valence-electron chi connectivity index (χ4n) is 2.53. The molecular formula is C23H21NO3. The monoisotopic (exact) mass is 359 g/mol. The molecule has 0 aromatic heterocycles. The first-order valence-electron chi connectivity index (χ1n) is 8.58. The minimum Gasteiger partial charge on any atom is -0.493 e. The van der Waals surface area contributed by atoms with Crippen molar-refractivity contribution in [2.24, 2.45) is 0 Å². The Hall–Kier alpha value is -3.58. The number of rotatable bonds is 8. The van der Waals surface area contributed by atoms with Crippen molar-refractivity contribution < 1.29 is 14.2 Å². The van der Waals surface area contributed by atoms with Crippen molar-refractivity contribution in [1.29, 1.82) is 0 Å². The van der Waals surface area contributed by atoms with Gasteiger partial charge in [-0.25, -0.2) is 0 Å². The maximum absolute atomic E-state index is 5.80. The highest BCUT2D eigenvalue weighted by Gasteiger charge is 2.06. The molecule has 0 saturated carbocycles. The van der Waals surface area contributed by atoms with Crippen molar-refractivity contribution in [3.05, 3.63) is 78.4 Å². The van der Waals surface area contributed by atoms with E-state index in [4.69, 9.17) is 20.6 Å². The molecule has 3 aromatic rings. The van der Waals surface area contributed by atoms with Gasteiger partial charge in [-0.15, -0.1) is 6.42 Å². The van der Waals surface area contributed by atoms with Crippen LogP contribution < -0.4 is 19.5 Å². The van der Waals surface area contributed by atoms with Crippen LogP contribution in [-0.2, 0) is 6.54 Å². The molecule has 1 N–H and O–H groups in total. The predicted molar refractivity (Wildman–Crippen MR) is 108 cm³/mol. The van der Waals surface area contributed by atoms with Gasteiger partial charge in [-0.1, -0.05) is 30.2 Å². The molecule has 0 spiro atoms. The third-order valence-corrected chi connectivity index (χ3v) is 3.87. The van der Waals surface area contributed by atoms with Crippen LogP contribution in [0.4, 0.5) is 5.69 Å². The summed E-state index contributed by atoms with van der Waals surface area (Å²) in [4.78, 5) is 0. The van der Waals surface area contributed by atoms with Gasteiger partial charge in [0, 0.05) is 12.2 Å². The fourth-order valence-corrected chi connectivity index (χ4v) is 2.53. The lowest BCUT2D eigenvalue weighted by atomic mass is 10.2. The Morgan fingerprint density at radius 1 is 0.889 bits per heavy atom. The topological polar surface area (TPSA) is 39.7 Å². The average molecular weight is 359 g/mol. The second-order valence-corrected chi connectivity index (χ2v) is 5.77. The second kappa shape index (κ2) is 9.21. The van der Waals surface area contributed by atoms with Gasteiger partial charge in [-0.2, -0.15) is 0 Å². The highest BCUT2D eigenvalue weighted by Crippen LogP contribution is 2.28. The smallest absolute Gasteiger partial charge is 0.162 e. The van der Waals surface area contributed by atoms with Gasteiger partial charge >= 0.3 is 0 Å². The van der Waals surface area contributed by atoms with Gasteiger partial charge < -0.3 is 19.5 Å². The van der Waals surface area contributed by atoms with Crippen LogP contribution in [-0.4, -0.2) is 13.7 Å². The molecule has 3 aromatic carbocycles. The number of hydrogen-bond acceptors (Lipinski definition) is 4. The fraction of sp³-hybridized carbons (Fsp3) is 0.130. The SMILES string of the molecule is C#CCOc1ccc(CNc2ccc(Oc3ccccc3)cc2)cc1OC. The molecule has 3 rings (SSSR count). The van der Waals surface area contributed by atoms with Crippen molar-refractivity contribution in [2.45, 2.75) is 6.54 Å². The maximum Gasteiger partial charge on any atom is 0.162 e. The van der Waals surface area contributed by atoms with Crippen LogP contribution in [0.5, 0.6) is 23.0 Å². The molecule has 27 heavy (non-hydrogen) atoms. The Balaban J connectivity index is 1.59. The normalized spacial score (nSPS) is 9.93. The molecule has 0 radical (unpaired) electrons. The van der Waals surface area contributed by atoms with Gasteiger partial charge in [0.2, 0.25) is 0 Å². The molecule has 0 saturated heterocycles. The second-order valence-electron chi connectivity index (χ2n) is 5.77. The molecule has 0 fully saturated rings. The summed E-state index contributed by atoms with van der Waals surface area (Å²) in [5.41, 5.74) is 2.08. The van der Waals surface area contributed by atoms with Gasteiger partial charge in [0.05, 0.1) is 7.11 Å². The zero-order valence-corrected chi connectivity index (χ0v) is 15.1. The number of hydrogen-bond donors (Lipinski definition) is 1. The van der Waals surface area contributed by atoms with E-state index in [-0.39, 0.29) is 6.61 Å². The maximum atomic E-state index is 5.80. The van der Waals surface area contributed by atoms with Crippen molar-refractivity contribution in [1.82, 2.24) is 0 Å². The summed E-state index contributed by atoms with van der Waals surface area (Å²) in [5.74, 6) is 5.36. The number of methoxy groups -OCH3 is 1. The molecular weight excluding hydrogens is 338 g/mol. The lowest BCUT2D eigenvalue weighted by Gasteiger charge is -2.12. The molecule has 0 aliphatic carbocycles. The number of anilines is 1. The minimum atomic E-state index is 0.214. The number of ether oxygens (including phenoxy) is 3. The van der Waals surface area contributed by atoms with Gasteiger partial charge in [-0.05, 0) is 54.1 Å². The highest BCUT2D eigenvalue weighted by atomic mass is 16.5. The molecule has 0 unspecified atom stereocenters. The average Bonchev–Trinajstić information content (AvgIpc) is 2.72. The highest BCUT2D eigenvalue weighted by molar-refractivity contribution is 5.49. The zero-order valence-electron chi connectivity index (χ0n) is 15.1. The van der Waals surface area contributed by atoms with E-state index < -0.39 is 0 Å². The van der Waals surface area contributed by atoms with Crippen LogP contribution in [0.3, 0.4) is 0 Å². The van der Waals surface area contributed by atoms with Crippen molar-refractivity contribution >= 4 is 5.69 Å².